The second-order valence-electron chi connectivity index (χ2n) is 4.19. The van der Waals surface area contributed by atoms with Crippen molar-refractivity contribution in [2.75, 3.05) is 0 Å². The average Bonchev–Trinajstić information content (AvgIpc) is 2.37. The third-order valence-electron chi connectivity index (χ3n) is 2.68. The van der Waals surface area contributed by atoms with E-state index in [0.717, 1.165) is 32.8 Å². The number of rotatable bonds is 4. The van der Waals surface area contributed by atoms with Crippen molar-refractivity contribution >= 4 is 35.0 Å². The van der Waals surface area contributed by atoms with Crippen LogP contribution in [0.3, 0.4) is 0 Å². The average molecular weight is 313 g/mol. The number of aromatic nitrogens is 2. The zero-order valence-electron chi connectivity index (χ0n) is 10.7. The maximum absolute atomic E-state index is 6.05. The molecule has 2 rings (SSSR count). The second-order valence-corrected chi connectivity index (χ2v) is 6.33. The molecule has 100 valence electrons. The summed E-state index contributed by atoms with van der Waals surface area (Å²) in [5.41, 5.74) is 1.94. The Labute approximate surface area is 127 Å². The summed E-state index contributed by atoms with van der Waals surface area (Å²) in [5, 5.41) is 0.690. The molecule has 0 aliphatic carbocycles. The maximum atomic E-state index is 6.05. The highest BCUT2D eigenvalue weighted by atomic mass is 35.5. The van der Waals surface area contributed by atoms with E-state index >= 15 is 0 Å². The van der Waals surface area contributed by atoms with Crippen LogP contribution in [0, 0.1) is 6.92 Å². The maximum Gasteiger partial charge on any atom is 0.138 e. The Bertz CT molecular complexity index is 556. The van der Waals surface area contributed by atoms with Crippen LogP contribution in [0.1, 0.15) is 29.4 Å². The molecular formula is C14H14Cl2N2S. The molecule has 1 aromatic carbocycles. The van der Waals surface area contributed by atoms with Crippen LogP contribution in [0.5, 0.6) is 0 Å². The molecular weight excluding hydrogens is 299 g/mol. The van der Waals surface area contributed by atoms with Crippen molar-refractivity contribution in [2.45, 2.75) is 29.9 Å². The Morgan fingerprint density at radius 3 is 2.53 bits per heavy atom. The van der Waals surface area contributed by atoms with Crippen LogP contribution in [0.25, 0.3) is 0 Å². The molecule has 5 heteroatoms. The van der Waals surface area contributed by atoms with Gasteiger partial charge in [-0.1, -0.05) is 11.6 Å². The Balaban J connectivity index is 2.04. The first-order chi connectivity index (χ1) is 9.06. The van der Waals surface area contributed by atoms with E-state index in [1.165, 1.54) is 0 Å². The fourth-order valence-electron chi connectivity index (χ4n) is 1.66. The summed E-state index contributed by atoms with van der Waals surface area (Å²) < 4.78 is 0. The first-order valence-electron chi connectivity index (χ1n) is 5.91. The molecule has 19 heavy (non-hydrogen) atoms. The molecule has 0 bridgehead atoms. The van der Waals surface area contributed by atoms with E-state index in [0.29, 0.717) is 0 Å². The van der Waals surface area contributed by atoms with Crippen molar-refractivity contribution in [3.05, 3.63) is 52.6 Å². The summed E-state index contributed by atoms with van der Waals surface area (Å²) in [6.45, 7) is 3.89. The fourth-order valence-corrected chi connectivity index (χ4v) is 2.77. The lowest BCUT2D eigenvalue weighted by Gasteiger charge is -2.08. The van der Waals surface area contributed by atoms with E-state index in [2.05, 4.69) is 9.97 Å². The molecule has 1 aromatic heterocycles. The molecule has 2 aromatic rings. The number of hydrogen-bond donors (Lipinski definition) is 0. The molecule has 0 radical (unpaired) electrons. The highest BCUT2D eigenvalue weighted by Gasteiger charge is 2.08. The van der Waals surface area contributed by atoms with E-state index in [4.69, 9.17) is 23.2 Å². The van der Waals surface area contributed by atoms with Gasteiger partial charge in [-0.15, -0.1) is 23.4 Å². The smallest absolute Gasteiger partial charge is 0.138 e. The summed E-state index contributed by atoms with van der Waals surface area (Å²) in [7, 11) is 0. The molecule has 0 aliphatic heterocycles. The van der Waals surface area contributed by atoms with Gasteiger partial charge >= 0.3 is 0 Å². The van der Waals surface area contributed by atoms with E-state index in [1.807, 2.05) is 44.3 Å². The van der Waals surface area contributed by atoms with E-state index in [9.17, 15) is 0 Å². The molecule has 1 atom stereocenters. The highest BCUT2D eigenvalue weighted by molar-refractivity contribution is 7.98. The zero-order valence-corrected chi connectivity index (χ0v) is 13.1. The lowest BCUT2D eigenvalue weighted by atomic mass is 10.2. The summed E-state index contributed by atoms with van der Waals surface area (Å²) in [6, 6.07) is 7.76. The molecule has 0 fully saturated rings. The van der Waals surface area contributed by atoms with E-state index in [-0.39, 0.29) is 5.38 Å². The van der Waals surface area contributed by atoms with Crippen molar-refractivity contribution in [3.8, 4) is 0 Å². The van der Waals surface area contributed by atoms with Crippen LogP contribution in [-0.4, -0.2) is 9.97 Å². The van der Waals surface area contributed by atoms with Gasteiger partial charge in [-0.05, 0) is 38.1 Å². The second kappa shape index (κ2) is 6.60. The van der Waals surface area contributed by atoms with Crippen LogP contribution in [0.2, 0.25) is 5.02 Å². The van der Waals surface area contributed by atoms with Gasteiger partial charge in [-0.25, -0.2) is 9.97 Å². The van der Waals surface area contributed by atoms with Crippen LogP contribution in [0.15, 0.2) is 35.4 Å². The van der Waals surface area contributed by atoms with Crippen LogP contribution < -0.4 is 0 Å². The molecule has 1 heterocycles. The summed E-state index contributed by atoms with van der Waals surface area (Å²) in [6.07, 6.45) is 1.82. The van der Waals surface area contributed by atoms with Crippen LogP contribution in [-0.2, 0) is 5.75 Å². The lowest BCUT2D eigenvalue weighted by Crippen LogP contribution is -2.00. The molecule has 0 saturated heterocycles. The van der Waals surface area contributed by atoms with Crippen molar-refractivity contribution in [2.24, 2.45) is 0 Å². The van der Waals surface area contributed by atoms with Gasteiger partial charge in [0.1, 0.15) is 5.82 Å². The Morgan fingerprint density at radius 2 is 1.95 bits per heavy atom. The van der Waals surface area contributed by atoms with Gasteiger partial charge in [0.2, 0.25) is 0 Å². The third kappa shape index (κ3) is 4.10. The SMILES string of the molecule is Cc1nc(CSc2ccc(Cl)cc2)ncc1C(C)Cl. The summed E-state index contributed by atoms with van der Waals surface area (Å²) in [5.74, 6) is 1.55. The number of benzene rings is 1. The predicted molar refractivity (Wildman–Crippen MR) is 82.1 cm³/mol. The monoisotopic (exact) mass is 312 g/mol. The van der Waals surface area contributed by atoms with Crippen molar-refractivity contribution < 1.29 is 0 Å². The first kappa shape index (κ1) is 14.6. The minimum atomic E-state index is -0.0574. The largest absolute Gasteiger partial charge is 0.240 e. The van der Waals surface area contributed by atoms with Gasteiger partial charge in [-0.3, -0.25) is 0 Å². The van der Waals surface area contributed by atoms with Gasteiger partial charge in [0, 0.05) is 27.4 Å². The van der Waals surface area contributed by atoms with Gasteiger partial charge in [0.15, 0.2) is 0 Å². The van der Waals surface area contributed by atoms with Crippen molar-refractivity contribution in [3.63, 3.8) is 0 Å². The van der Waals surface area contributed by atoms with Gasteiger partial charge in [0.05, 0.1) is 11.1 Å². The van der Waals surface area contributed by atoms with E-state index in [1.54, 1.807) is 11.8 Å². The van der Waals surface area contributed by atoms with Gasteiger partial charge < -0.3 is 0 Å². The number of aryl methyl sites for hydroxylation is 1. The topological polar surface area (TPSA) is 25.8 Å². The summed E-state index contributed by atoms with van der Waals surface area (Å²) >= 11 is 13.6. The molecule has 0 aliphatic rings. The normalized spacial score (nSPS) is 12.4. The van der Waals surface area contributed by atoms with E-state index < -0.39 is 0 Å². The van der Waals surface area contributed by atoms with Crippen molar-refractivity contribution in [1.29, 1.82) is 0 Å². The van der Waals surface area contributed by atoms with Crippen LogP contribution in [0.4, 0.5) is 0 Å². The standard InChI is InChI=1S/C14H14Cl2N2S/c1-9(15)13-7-17-14(18-10(13)2)8-19-12-5-3-11(16)4-6-12/h3-7,9H,8H2,1-2H3. The summed E-state index contributed by atoms with van der Waals surface area (Å²) in [4.78, 5) is 9.99. The first-order valence-corrected chi connectivity index (χ1v) is 7.71. The molecule has 2 nitrogen and oxygen atoms in total. The minimum absolute atomic E-state index is 0.0574. The fraction of sp³-hybridized carbons (Fsp3) is 0.286. The predicted octanol–water partition coefficient (Wildman–Crippen LogP) is 5.03. The Hall–Kier alpha value is -0.770. The lowest BCUT2D eigenvalue weighted by molar-refractivity contribution is 0.924. The van der Waals surface area contributed by atoms with Crippen LogP contribution >= 0.6 is 35.0 Å². The van der Waals surface area contributed by atoms with Gasteiger partial charge in [-0.2, -0.15) is 0 Å². The molecule has 0 amide bonds. The number of halogens is 2. The number of hydrogen-bond acceptors (Lipinski definition) is 3. The molecule has 0 spiro atoms. The highest BCUT2D eigenvalue weighted by Crippen LogP contribution is 2.25. The quantitative estimate of drug-likeness (QED) is 0.585. The molecule has 0 saturated carbocycles. The molecule has 0 N–H and O–H groups in total. The van der Waals surface area contributed by atoms with Gasteiger partial charge in [0.25, 0.3) is 0 Å². The zero-order chi connectivity index (χ0) is 13.8. The Morgan fingerprint density at radius 1 is 1.26 bits per heavy atom. The number of nitrogens with zero attached hydrogens (tertiary/aromatic N) is 2. The number of alkyl halides is 1. The number of thioether (sulfide) groups is 1. The Kier molecular flexibility index (Phi) is 5.08. The van der Waals surface area contributed by atoms with Crippen molar-refractivity contribution in [1.82, 2.24) is 9.97 Å². The minimum Gasteiger partial charge on any atom is -0.240 e. The molecule has 1 unspecified atom stereocenters. The third-order valence-corrected chi connectivity index (χ3v) is 4.17.